The predicted octanol–water partition coefficient (Wildman–Crippen LogP) is 3.91. The molecule has 210 valence electrons. The second-order valence-electron chi connectivity index (χ2n) is 8.50. The average molecular weight is 562 g/mol. The van der Waals surface area contributed by atoms with Crippen LogP contribution in [0.1, 0.15) is 31.1 Å². The number of azide groups is 1. The zero-order chi connectivity index (χ0) is 29.2. The van der Waals surface area contributed by atoms with Gasteiger partial charge in [0.2, 0.25) is 6.29 Å². The lowest BCUT2D eigenvalue weighted by Crippen LogP contribution is -2.61. The molecule has 0 spiro atoms. The maximum Gasteiger partial charge on any atom is 0.338 e. The monoisotopic (exact) mass is 562 g/mol. The van der Waals surface area contributed by atoms with Gasteiger partial charge in [0.15, 0.2) is 12.2 Å². The summed E-state index contributed by atoms with van der Waals surface area (Å²) < 4.78 is 22.3. The van der Waals surface area contributed by atoms with Crippen LogP contribution in [0.3, 0.4) is 0 Å². The molecule has 5 atom stereocenters. The summed E-state index contributed by atoms with van der Waals surface area (Å²) in [6, 6.07) is 21.7. The van der Waals surface area contributed by atoms with E-state index in [-0.39, 0.29) is 16.7 Å². The molecule has 0 amide bonds. The van der Waals surface area contributed by atoms with E-state index in [1.165, 1.54) is 36.4 Å². The molecule has 0 bridgehead atoms. The molecular formula is C27H22N4O10. The SMILES string of the molecule is [N-]=[N+]=N[C@H]1[C@H](O[N+](=O)[O-])O[C@H](COC(=O)c2ccccc2)[C@H](OC(=O)c2ccccc2)[C@@H]1OC(=O)c1ccccc1. The summed E-state index contributed by atoms with van der Waals surface area (Å²) in [5, 5.41) is 13.6. The van der Waals surface area contributed by atoms with Gasteiger partial charge in [-0.3, -0.25) is 4.84 Å². The van der Waals surface area contributed by atoms with Crippen LogP contribution in [0.5, 0.6) is 0 Å². The van der Waals surface area contributed by atoms with Crippen molar-refractivity contribution < 1.29 is 43.3 Å². The highest BCUT2D eigenvalue weighted by Crippen LogP contribution is 2.31. The number of ether oxygens (including phenoxy) is 4. The molecule has 1 saturated heterocycles. The lowest BCUT2D eigenvalue weighted by Gasteiger charge is -2.42. The number of carbonyl (C=O) groups excluding carboxylic acids is 3. The lowest BCUT2D eigenvalue weighted by molar-refractivity contribution is -0.783. The minimum atomic E-state index is -1.92. The van der Waals surface area contributed by atoms with Gasteiger partial charge in [-0.1, -0.05) is 59.7 Å². The van der Waals surface area contributed by atoms with Crippen molar-refractivity contribution in [3.8, 4) is 0 Å². The van der Waals surface area contributed by atoms with E-state index in [0.717, 1.165) is 0 Å². The number of benzene rings is 3. The molecule has 0 saturated carbocycles. The fourth-order valence-electron chi connectivity index (χ4n) is 4.00. The Kier molecular flexibility index (Phi) is 9.44. The third-order valence-electron chi connectivity index (χ3n) is 5.88. The third-order valence-corrected chi connectivity index (χ3v) is 5.88. The molecule has 0 unspecified atom stereocenters. The standard InChI is InChI=1S/C27H22N4O10/c28-30-29-21-23(40-26(34)19-14-8-3-9-15-19)22(39-25(33)18-12-6-2-7-13-18)20(38-27(21)41-31(35)36)16-37-24(32)17-10-4-1-5-11-17/h1-15,20-23,27H,16H2/t20-,21-,22+,23-,27+/m1/s1. The van der Waals surface area contributed by atoms with Gasteiger partial charge in [-0.25, -0.2) is 14.4 Å². The maximum atomic E-state index is 13.1. The van der Waals surface area contributed by atoms with Crippen molar-refractivity contribution in [3.63, 3.8) is 0 Å². The summed E-state index contributed by atoms with van der Waals surface area (Å²) in [4.78, 5) is 57.3. The normalized spacial score (nSPS) is 21.4. The van der Waals surface area contributed by atoms with Crippen LogP contribution >= 0.6 is 0 Å². The van der Waals surface area contributed by atoms with Crippen molar-refractivity contribution in [3.05, 3.63) is 128 Å². The van der Waals surface area contributed by atoms with Crippen molar-refractivity contribution in [1.82, 2.24) is 0 Å². The van der Waals surface area contributed by atoms with Crippen LogP contribution in [0.25, 0.3) is 10.4 Å². The molecule has 3 aromatic carbocycles. The molecule has 0 radical (unpaired) electrons. The van der Waals surface area contributed by atoms with Gasteiger partial charge in [0.25, 0.3) is 5.09 Å². The molecule has 0 aromatic heterocycles. The Labute approximate surface area is 232 Å². The van der Waals surface area contributed by atoms with Gasteiger partial charge in [-0.05, 0) is 41.9 Å². The van der Waals surface area contributed by atoms with Crippen LogP contribution in [0.4, 0.5) is 0 Å². The molecule has 14 nitrogen and oxygen atoms in total. The van der Waals surface area contributed by atoms with Gasteiger partial charge < -0.3 is 18.9 Å². The Balaban J connectivity index is 1.70. The fourth-order valence-corrected chi connectivity index (χ4v) is 4.00. The molecule has 4 rings (SSSR count). The number of hydrogen-bond acceptors (Lipinski definition) is 11. The van der Waals surface area contributed by atoms with Crippen LogP contribution in [0.15, 0.2) is 96.1 Å². The third kappa shape index (κ3) is 7.35. The van der Waals surface area contributed by atoms with E-state index >= 15 is 0 Å². The van der Waals surface area contributed by atoms with Crippen LogP contribution in [0, 0.1) is 10.1 Å². The second kappa shape index (κ2) is 13.6. The number of nitrogens with zero attached hydrogens (tertiary/aromatic N) is 4. The van der Waals surface area contributed by atoms with Crippen molar-refractivity contribution in [2.24, 2.45) is 5.11 Å². The summed E-state index contributed by atoms with van der Waals surface area (Å²) in [5.74, 6) is -2.58. The topological polar surface area (TPSA) is 189 Å². The van der Waals surface area contributed by atoms with Crippen LogP contribution in [-0.4, -0.2) is 60.2 Å². The zero-order valence-corrected chi connectivity index (χ0v) is 21.1. The van der Waals surface area contributed by atoms with Gasteiger partial charge in [0.05, 0.1) is 16.7 Å². The summed E-state index contributed by atoms with van der Waals surface area (Å²) in [5.41, 5.74) is 9.61. The first-order chi connectivity index (χ1) is 19.9. The summed E-state index contributed by atoms with van der Waals surface area (Å²) >= 11 is 0. The van der Waals surface area contributed by atoms with Gasteiger partial charge >= 0.3 is 17.9 Å². The molecule has 3 aromatic rings. The minimum Gasteiger partial charge on any atom is -0.459 e. The van der Waals surface area contributed by atoms with Gasteiger partial charge in [-0.15, -0.1) is 10.1 Å². The van der Waals surface area contributed by atoms with Gasteiger partial charge in [-0.2, -0.15) is 0 Å². The quantitative estimate of drug-likeness (QED) is 0.0666. The highest BCUT2D eigenvalue weighted by Gasteiger charge is 2.52. The average Bonchev–Trinajstić information content (AvgIpc) is 2.99. The first-order valence-corrected chi connectivity index (χ1v) is 12.1. The van der Waals surface area contributed by atoms with Gasteiger partial charge in [0, 0.05) is 4.91 Å². The van der Waals surface area contributed by atoms with E-state index in [2.05, 4.69) is 14.9 Å². The number of hydrogen-bond donors (Lipinski definition) is 0. The number of carbonyl (C=O) groups is 3. The second-order valence-corrected chi connectivity index (χ2v) is 8.50. The first-order valence-electron chi connectivity index (χ1n) is 12.1. The number of rotatable bonds is 10. The zero-order valence-electron chi connectivity index (χ0n) is 21.1. The van der Waals surface area contributed by atoms with Gasteiger partial charge in [0.1, 0.15) is 18.8 Å². The van der Waals surface area contributed by atoms with Crippen molar-refractivity contribution in [1.29, 1.82) is 0 Å². The van der Waals surface area contributed by atoms with Crippen LogP contribution in [-0.2, 0) is 23.8 Å². The summed E-state index contributed by atoms with van der Waals surface area (Å²) in [7, 11) is 0. The Bertz CT molecular complexity index is 1420. The molecule has 41 heavy (non-hydrogen) atoms. The Morgan fingerprint density at radius 1 is 0.805 bits per heavy atom. The highest BCUT2D eigenvalue weighted by atomic mass is 17.0. The minimum absolute atomic E-state index is 0.0885. The van der Waals surface area contributed by atoms with Crippen molar-refractivity contribution in [2.75, 3.05) is 6.61 Å². The van der Waals surface area contributed by atoms with E-state index in [1.54, 1.807) is 54.6 Å². The van der Waals surface area contributed by atoms with Crippen molar-refractivity contribution >= 4 is 17.9 Å². The Morgan fingerprint density at radius 2 is 1.27 bits per heavy atom. The summed E-state index contributed by atoms with van der Waals surface area (Å²) in [6.45, 7) is -0.611. The maximum absolute atomic E-state index is 13.1. The molecule has 1 fully saturated rings. The Hall–Kier alpha value is -5.46. The lowest BCUT2D eigenvalue weighted by atomic mass is 9.96. The van der Waals surface area contributed by atoms with Crippen LogP contribution in [0.2, 0.25) is 0 Å². The highest BCUT2D eigenvalue weighted by molar-refractivity contribution is 5.91. The van der Waals surface area contributed by atoms with E-state index in [0.29, 0.717) is 0 Å². The van der Waals surface area contributed by atoms with E-state index in [9.17, 15) is 30.0 Å². The van der Waals surface area contributed by atoms with E-state index in [1.807, 2.05) is 0 Å². The molecule has 1 aliphatic rings. The first kappa shape index (κ1) is 28.5. The largest absolute Gasteiger partial charge is 0.459 e. The molecule has 0 aliphatic carbocycles. The van der Waals surface area contributed by atoms with E-state index in [4.69, 9.17) is 18.9 Å². The van der Waals surface area contributed by atoms with Crippen LogP contribution < -0.4 is 0 Å². The molecule has 0 N–H and O–H groups in total. The Morgan fingerprint density at radius 3 is 1.73 bits per heavy atom. The van der Waals surface area contributed by atoms with E-state index < -0.39 is 60.2 Å². The molecule has 1 heterocycles. The molecular weight excluding hydrogens is 540 g/mol. The fraction of sp³-hybridized carbons (Fsp3) is 0.222. The van der Waals surface area contributed by atoms with Crippen molar-refractivity contribution in [2.45, 2.75) is 30.6 Å². The summed E-state index contributed by atoms with van der Waals surface area (Å²) in [6.07, 6.45) is -6.60. The molecule has 1 aliphatic heterocycles. The number of esters is 3. The molecule has 14 heteroatoms. The predicted molar refractivity (Wildman–Crippen MR) is 138 cm³/mol. The smallest absolute Gasteiger partial charge is 0.338 e.